The summed E-state index contributed by atoms with van der Waals surface area (Å²) in [4.78, 5) is 72.4. The molecule has 0 aliphatic carbocycles. The fraction of sp³-hybridized carbons (Fsp3) is 0.650. The summed E-state index contributed by atoms with van der Waals surface area (Å²) >= 11 is 0. The Morgan fingerprint density at radius 3 is 0.796 bits per heavy atom. The zero-order valence-corrected chi connectivity index (χ0v) is 32.8. The van der Waals surface area contributed by atoms with Gasteiger partial charge in [0.15, 0.2) is 0 Å². The van der Waals surface area contributed by atoms with E-state index < -0.39 is 59.9 Å². The second-order valence-electron chi connectivity index (χ2n) is 14.1. The molecule has 0 fully saturated rings. The SMILES string of the molecule is C=C(C)C(=O)OCC(CO)(COC(=O)CCCCCCCCCCCCC(=O)OCC(CO)(COC(=O)C(=C)C)COC(=O)C(=C)C)COC(=O)C(=C)C. The molecule has 0 saturated carbocycles. The quantitative estimate of drug-likeness (QED) is 0.0405. The molecule has 0 radical (unpaired) electrons. The normalized spacial score (nSPS) is 11.1. The lowest BCUT2D eigenvalue weighted by molar-refractivity contribution is -0.164. The Morgan fingerprint density at radius 2 is 0.593 bits per heavy atom. The summed E-state index contributed by atoms with van der Waals surface area (Å²) in [6.07, 6.45) is 9.23. The van der Waals surface area contributed by atoms with E-state index in [1.165, 1.54) is 27.7 Å². The molecule has 0 atom stereocenters. The van der Waals surface area contributed by atoms with E-state index in [0.717, 1.165) is 51.4 Å². The van der Waals surface area contributed by atoms with Gasteiger partial charge in [0.05, 0.1) is 24.0 Å². The number of esters is 6. The second kappa shape index (κ2) is 27.3. The number of unbranched alkanes of at least 4 members (excludes halogenated alkanes) is 9. The molecule has 0 aromatic carbocycles. The van der Waals surface area contributed by atoms with Crippen molar-refractivity contribution in [3.8, 4) is 0 Å². The Morgan fingerprint density at radius 1 is 0.389 bits per heavy atom. The number of carbonyl (C=O) groups is 6. The van der Waals surface area contributed by atoms with Gasteiger partial charge in [0.25, 0.3) is 0 Å². The van der Waals surface area contributed by atoms with Crippen molar-refractivity contribution >= 4 is 35.8 Å². The van der Waals surface area contributed by atoms with E-state index in [1.807, 2.05) is 0 Å². The van der Waals surface area contributed by atoms with Crippen LogP contribution in [-0.2, 0) is 57.2 Å². The number of ether oxygens (including phenoxy) is 6. The van der Waals surface area contributed by atoms with Crippen LogP contribution in [0.1, 0.15) is 105 Å². The summed E-state index contributed by atoms with van der Waals surface area (Å²) in [6.45, 7) is 16.8. The maximum Gasteiger partial charge on any atom is 0.333 e. The van der Waals surface area contributed by atoms with Crippen molar-refractivity contribution in [3.63, 3.8) is 0 Å². The van der Waals surface area contributed by atoms with Crippen molar-refractivity contribution in [3.05, 3.63) is 48.6 Å². The van der Waals surface area contributed by atoms with Crippen molar-refractivity contribution in [2.45, 2.75) is 105 Å². The van der Waals surface area contributed by atoms with E-state index in [2.05, 4.69) is 26.3 Å². The van der Waals surface area contributed by atoms with Crippen LogP contribution in [0.15, 0.2) is 48.6 Å². The largest absolute Gasteiger partial charge is 0.465 e. The number of hydrogen-bond acceptors (Lipinski definition) is 14. The number of hydrogen-bond donors (Lipinski definition) is 2. The summed E-state index contributed by atoms with van der Waals surface area (Å²) in [6, 6.07) is 0. The van der Waals surface area contributed by atoms with Gasteiger partial charge >= 0.3 is 35.8 Å². The molecule has 0 rings (SSSR count). The number of aliphatic hydroxyl groups is 2. The van der Waals surface area contributed by atoms with Crippen LogP contribution < -0.4 is 0 Å². The van der Waals surface area contributed by atoms with Crippen LogP contribution in [0.25, 0.3) is 0 Å². The van der Waals surface area contributed by atoms with Crippen molar-refractivity contribution in [2.75, 3.05) is 52.9 Å². The van der Waals surface area contributed by atoms with Gasteiger partial charge in [0, 0.05) is 35.1 Å². The van der Waals surface area contributed by atoms with Crippen LogP contribution in [0.2, 0.25) is 0 Å². The molecule has 0 bridgehead atoms. The molecule has 0 amide bonds. The van der Waals surface area contributed by atoms with E-state index in [9.17, 15) is 39.0 Å². The van der Waals surface area contributed by atoms with E-state index in [4.69, 9.17) is 28.4 Å². The van der Waals surface area contributed by atoms with E-state index >= 15 is 0 Å². The molecule has 14 heteroatoms. The molecule has 0 aliphatic rings. The highest BCUT2D eigenvalue weighted by molar-refractivity contribution is 5.88. The molecule has 0 aromatic rings. The predicted octanol–water partition coefficient (Wildman–Crippen LogP) is 5.19. The van der Waals surface area contributed by atoms with Crippen LogP contribution in [0, 0.1) is 10.8 Å². The van der Waals surface area contributed by atoms with Crippen LogP contribution in [0.5, 0.6) is 0 Å². The monoisotopic (exact) mass is 766 g/mol. The zero-order valence-electron chi connectivity index (χ0n) is 32.8. The third kappa shape index (κ3) is 22.0. The topological polar surface area (TPSA) is 198 Å². The fourth-order valence-electron chi connectivity index (χ4n) is 4.46. The summed E-state index contributed by atoms with van der Waals surface area (Å²) in [5.41, 5.74) is -2.07. The maximum absolute atomic E-state index is 12.4. The number of carbonyl (C=O) groups excluding carboxylic acids is 6. The molecule has 0 heterocycles. The van der Waals surface area contributed by atoms with Gasteiger partial charge < -0.3 is 38.6 Å². The lowest BCUT2D eigenvalue weighted by Crippen LogP contribution is -2.42. The summed E-state index contributed by atoms with van der Waals surface area (Å²) in [5.74, 6) is -3.70. The Balaban J connectivity index is 4.39. The molecule has 54 heavy (non-hydrogen) atoms. The van der Waals surface area contributed by atoms with Gasteiger partial charge in [0.1, 0.15) is 39.6 Å². The van der Waals surface area contributed by atoms with Crippen molar-refractivity contribution < 1.29 is 67.4 Å². The zero-order chi connectivity index (χ0) is 41.2. The van der Waals surface area contributed by atoms with Crippen LogP contribution in [-0.4, -0.2) is 98.9 Å². The lowest BCUT2D eigenvalue weighted by atomic mass is 9.92. The molecular formula is C40H62O14. The summed E-state index contributed by atoms with van der Waals surface area (Å²) in [7, 11) is 0. The highest BCUT2D eigenvalue weighted by Crippen LogP contribution is 2.23. The van der Waals surface area contributed by atoms with Gasteiger partial charge in [-0.15, -0.1) is 0 Å². The molecule has 0 unspecified atom stereocenters. The summed E-state index contributed by atoms with van der Waals surface area (Å²) < 4.78 is 31.4. The van der Waals surface area contributed by atoms with Gasteiger partial charge in [-0.05, 0) is 40.5 Å². The first-order chi connectivity index (χ1) is 25.4. The maximum atomic E-state index is 12.4. The second-order valence-corrected chi connectivity index (χ2v) is 14.1. The molecule has 0 spiro atoms. The fourth-order valence-corrected chi connectivity index (χ4v) is 4.46. The molecular weight excluding hydrogens is 704 g/mol. The molecule has 14 nitrogen and oxygen atoms in total. The van der Waals surface area contributed by atoms with E-state index in [1.54, 1.807) is 0 Å². The third-order valence-corrected chi connectivity index (χ3v) is 8.19. The third-order valence-electron chi connectivity index (χ3n) is 8.19. The van der Waals surface area contributed by atoms with Crippen LogP contribution in [0.3, 0.4) is 0 Å². The first-order valence-electron chi connectivity index (χ1n) is 18.3. The molecule has 0 aromatic heterocycles. The van der Waals surface area contributed by atoms with Crippen molar-refractivity contribution in [1.82, 2.24) is 0 Å². The molecule has 0 saturated heterocycles. The first kappa shape index (κ1) is 49.7. The van der Waals surface area contributed by atoms with Crippen molar-refractivity contribution in [1.29, 1.82) is 0 Å². The first-order valence-corrected chi connectivity index (χ1v) is 18.3. The van der Waals surface area contributed by atoms with Gasteiger partial charge in [-0.1, -0.05) is 77.7 Å². The lowest BCUT2D eigenvalue weighted by Gasteiger charge is -2.30. The average molecular weight is 767 g/mol. The van der Waals surface area contributed by atoms with Gasteiger partial charge in [-0.25, -0.2) is 19.2 Å². The van der Waals surface area contributed by atoms with Crippen molar-refractivity contribution in [2.24, 2.45) is 10.8 Å². The Hall–Kier alpha value is -4.30. The Bertz CT molecular complexity index is 1140. The Labute approximate surface area is 319 Å². The smallest absolute Gasteiger partial charge is 0.333 e. The van der Waals surface area contributed by atoms with E-state index in [-0.39, 0.29) is 74.8 Å². The number of aliphatic hydroxyl groups excluding tert-OH is 2. The van der Waals surface area contributed by atoms with Gasteiger partial charge in [0.2, 0.25) is 0 Å². The predicted molar refractivity (Wildman–Crippen MR) is 199 cm³/mol. The van der Waals surface area contributed by atoms with E-state index in [0.29, 0.717) is 12.8 Å². The van der Waals surface area contributed by atoms with Gasteiger partial charge in [-0.3, -0.25) is 9.59 Å². The Kier molecular flexibility index (Phi) is 25.1. The standard InChI is InChI=1S/C40H62O14/c1-29(2)35(45)51-25-39(21-41,26-52-36(46)30(3)4)23-49-33(43)19-17-15-13-11-9-10-12-14-16-18-20-34(44)50-24-40(22-42,27-53-37(47)31(5)6)28-54-38(48)32(7)8/h41-42H,1,3,5,7,9-28H2,2,4,6,8H3. The molecule has 306 valence electrons. The minimum Gasteiger partial charge on any atom is -0.465 e. The average Bonchev–Trinajstić information content (AvgIpc) is 3.14. The number of rotatable bonds is 31. The van der Waals surface area contributed by atoms with Crippen LogP contribution in [0.4, 0.5) is 0 Å². The molecule has 0 aliphatic heterocycles. The molecule has 2 N–H and O–H groups in total. The minimum absolute atomic E-state index is 0.152. The summed E-state index contributed by atoms with van der Waals surface area (Å²) in [5, 5.41) is 20.1. The highest BCUT2D eigenvalue weighted by atomic mass is 16.6. The highest BCUT2D eigenvalue weighted by Gasteiger charge is 2.37. The van der Waals surface area contributed by atoms with Gasteiger partial charge in [-0.2, -0.15) is 0 Å². The minimum atomic E-state index is -1.34. The van der Waals surface area contributed by atoms with Crippen LogP contribution >= 0.6 is 0 Å².